The zero-order chi connectivity index (χ0) is 15.4. The van der Waals surface area contributed by atoms with Gasteiger partial charge < -0.3 is 9.84 Å². The van der Waals surface area contributed by atoms with Gasteiger partial charge in [0.05, 0.1) is 33.7 Å². The van der Waals surface area contributed by atoms with Gasteiger partial charge in [-0.15, -0.1) is 0 Å². The first-order valence-corrected chi connectivity index (χ1v) is 8.16. The molecular formula is C15H13BrO4S. The summed E-state index contributed by atoms with van der Waals surface area (Å²) in [5.74, 6) is 0.0800. The average Bonchev–Trinajstić information content (AvgIpc) is 2.47. The van der Waals surface area contributed by atoms with E-state index in [1.807, 2.05) is 18.2 Å². The molecule has 110 valence electrons. The molecule has 0 saturated heterocycles. The average molecular weight is 369 g/mol. The Bertz CT molecular complexity index is 683. The van der Waals surface area contributed by atoms with E-state index in [1.165, 1.54) is 12.1 Å². The number of ether oxygens (including phenoxy) is 1. The molecule has 1 unspecified atom stereocenters. The van der Waals surface area contributed by atoms with Gasteiger partial charge >= 0.3 is 5.97 Å². The second-order valence-electron chi connectivity index (χ2n) is 4.29. The van der Waals surface area contributed by atoms with Crippen molar-refractivity contribution in [3.63, 3.8) is 0 Å². The number of methoxy groups -OCH3 is 1. The fourth-order valence-corrected chi connectivity index (χ4v) is 3.46. The standard InChI is InChI=1S/C15H13BrO4S/c1-20-14-7-2-10(8-13(14)16)9-21(19)12-5-3-11(4-6-12)15(17)18/h2-8H,9H2,1H3,(H,17,18). The maximum absolute atomic E-state index is 12.3. The van der Waals surface area contributed by atoms with Crippen LogP contribution in [0.25, 0.3) is 0 Å². The van der Waals surface area contributed by atoms with Crippen molar-refractivity contribution in [2.45, 2.75) is 10.6 Å². The van der Waals surface area contributed by atoms with Crippen LogP contribution in [0.15, 0.2) is 51.8 Å². The number of hydrogen-bond acceptors (Lipinski definition) is 3. The lowest BCUT2D eigenvalue weighted by molar-refractivity contribution is 0.0697. The van der Waals surface area contributed by atoms with Crippen molar-refractivity contribution in [3.8, 4) is 5.75 Å². The summed E-state index contributed by atoms with van der Waals surface area (Å²) in [6.45, 7) is 0. The normalized spacial score (nSPS) is 11.9. The van der Waals surface area contributed by atoms with E-state index < -0.39 is 16.8 Å². The fourth-order valence-electron chi connectivity index (χ4n) is 1.78. The number of carboxylic acids is 1. The van der Waals surface area contributed by atoms with Gasteiger partial charge in [-0.05, 0) is 57.9 Å². The molecule has 0 heterocycles. The Morgan fingerprint density at radius 1 is 1.24 bits per heavy atom. The number of halogens is 1. The van der Waals surface area contributed by atoms with Gasteiger partial charge in [0, 0.05) is 4.90 Å². The van der Waals surface area contributed by atoms with Gasteiger partial charge in [-0.2, -0.15) is 0 Å². The third-order valence-corrected chi connectivity index (χ3v) is 4.89. The van der Waals surface area contributed by atoms with E-state index in [0.29, 0.717) is 10.6 Å². The molecule has 0 bridgehead atoms. The van der Waals surface area contributed by atoms with Crippen LogP contribution in [0.2, 0.25) is 0 Å². The van der Waals surface area contributed by atoms with Crippen LogP contribution in [0, 0.1) is 0 Å². The summed E-state index contributed by atoms with van der Waals surface area (Å²) in [6.07, 6.45) is 0. The number of carboxylic acid groups (broad SMARTS) is 1. The highest BCUT2D eigenvalue weighted by Gasteiger charge is 2.09. The summed E-state index contributed by atoms with van der Waals surface area (Å²) in [5.41, 5.74) is 1.09. The molecule has 1 N–H and O–H groups in total. The highest BCUT2D eigenvalue weighted by atomic mass is 79.9. The Morgan fingerprint density at radius 3 is 2.43 bits per heavy atom. The Balaban J connectivity index is 2.14. The van der Waals surface area contributed by atoms with E-state index in [2.05, 4.69) is 15.9 Å². The summed E-state index contributed by atoms with van der Waals surface area (Å²) < 4.78 is 18.2. The summed E-state index contributed by atoms with van der Waals surface area (Å²) in [7, 11) is 0.358. The zero-order valence-corrected chi connectivity index (χ0v) is 13.6. The van der Waals surface area contributed by atoms with Gasteiger partial charge in [0.15, 0.2) is 0 Å². The number of aromatic carboxylic acids is 1. The predicted octanol–water partition coefficient (Wildman–Crippen LogP) is 3.46. The van der Waals surface area contributed by atoms with Crippen LogP contribution in [-0.4, -0.2) is 22.4 Å². The minimum absolute atomic E-state index is 0.183. The largest absolute Gasteiger partial charge is 0.496 e. The van der Waals surface area contributed by atoms with Gasteiger partial charge in [0.1, 0.15) is 5.75 Å². The topological polar surface area (TPSA) is 63.6 Å². The Morgan fingerprint density at radius 2 is 1.90 bits per heavy atom. The summed E-state index contributed by atoms with van der Waals surface area (Å²) in [6, 6.07) is 11.6. The first-order chi connectivity index (χ1) is 10.0. The minimum atomic E-state index is -1.23. The van der Waals surface area contributed by atoms with Crippen LogP contribution in [-0.2, 0) is 16.6 Å². The lowest BCUT2D eigenvalue weighted by atomic mass is 10.2. The molecule has 1 atom stereocenters. The molecular weight excluding hydrogens is 356 g/mol. The predicted molar refractivity (Wildman–Crippen MR) is 84.2 cm³/mol. The molecule has 4 nitrogen and oxygen atoms in total. The molecule has 2 rings (SSSR count). The highest BCUT2D eigenvalue weighted by molar-refractivity contribution is 9.10. The lowest BCUT2D eigenvalue weighted by Gasteiger charge is -2.07. The molecule has 6 heteroatoms. The Labute approximate surface area is 133 Å². The Hall–Kier alpha value is -1.66. The van der Waals surface area contributed by atoms with Crippen molar-refractivity contribution in [1.82, 2.24) is 0 Å². The van der Waals surface area contributed by atoms with Crippen molar-refractivity contribution >= 4 is 32.7 Å². The van der Waals surface area contributed by atoms with Gasteiger partial charge in [0.2, 0.25) is 0 Å². The molecule has 0 aliphatic rings. The van der Waals surface area contributed by atoms with Gasteiger partial charge in [-0.3, -0.25) is 4.21 Å². The molecule has 0 saturated carbocycles. The molecule has 0 fully saturated rings. The first-order valence-electron chi connectivity index (χ1n) is 6.05. The highest BCUT2D eigenvalue weighted by Crippen LogP contribution is 2.26. The maximum atomic E-state index is 12.3. The molecule has 0 radical (unpaired) electrons. The number of benzene rings is 2. The van der Waals surface area contributed by atoms with E-state index in [4.69, 9.17) is 9.84 Å². The molecule has 0 aliphatic carbocycles. The number of hydrogen-bond donors (Lipinski definition) is 1. The van der Waals surface area contributed by atoms with E-state index >= 15 is 0 Å². The molecule has 0 aromatic heterocycles. The summed E-state index contributed by atoms with van der Waals surface area (Å²) in [5, 5.41) is 8.84. The lowest BCUT2D eigenvalue weighted by Crippen LogP contribution is -1.99. The van der Waals surface area contributed by atoms with Crippen molar-refractivity contribution in [1.29, 1.82) is 0 Å². The second kappa shape index (κ2) is 6.87. The number of rotatable bonds is 5. The van der Waals surface area contributed by atoms with Crippen LogP contribution in [0.4, 0.5) is 0 Å². The third kappa shape index (κ3) is 3.92. The molecule has 2 aromatic carbocycles. The summed E-state index contributed by atoms with van der Waals surface area (Å²) >= 11 is 3.39. The van der Waals surface area contributed by atoms with Crippen LogP contribution in [0.3, 0.4) is 0 Å². The quantitative estimate of drug-likeness (QED) is 0.877. The minimum Gasteiger partial charge on any atom is -0.496 e. The van der Waals surface area contributed by atoms with Crippen LogP contribution in [0.5, 0.6) is 5.75 Å². The SMILES string of the molecule is COc1ccc(CS(=O)c2ccc(C(=O)O)cc2)cc1Br. The van der Waals surface area contributed by atoms with Crippen molar-refractivity contribution in [3.05, 3.63) is 58.1 Å². The van der Waals surface area contributed by atoms with E-state index in [0.717, 1.165) is 15.8 Å². The molecule has 21 heavy (non-hydrogen) atoms. The van der Waals surface area contributed by atoms with Crippen LogP contribution >= 0.6 is 15.9 Å². The first kappa shape index (κ1) is 15.7. The monoisotopic (exact) mass is 368 g/mol. The molecule has 0 spiro atoms. The smallest absolute Gasteiger partial charge is 0.335 e. The second-order valence-corrected chi connectivity index (χ2v) is 6.59. The van der Waals surface area contributed by atoms with Crippen molar-refractivity contribution in [2.75, 3.05) is 7.11 Å². The summed E-state index contributed by atoms with van der Waals surface area (Å²) in [4.78, 5) is 11.4. The number of carbonyl (C=O) groups is 1. The van der Waals surface area contributed by atoms with E-state index in [1.54, 1.807) is 19.2 Å². The maximum Gasteiger partial charge on any atom is 0.335 e. The Kier molecular flexibility index (Phi) is 5.14. The van der Waals surface area contributed by atoms with Crippen LogP contribution in [0.1, 0.15) is 15.9 Å². The van der Waals surface area contributed by atoms with E-state index in [-0.39, 0.29) is 5.56 Å². The van der Waals surface area contributed by atoms with Gasteiger partial charge in [-0.1, -0.05) is 6.07 Å². The fraction of sp³-hybridized carbons (Fsp3) is 0.133. The molecule has 0 aliphatic heterocycles. The van der Waals surface area contributed by atoms with Crippen molar-refractivity contribution < 1.29 is 18.8 Å². The molecule has 2 aromatic rings. The van der Waals surface area contributed by atoms with Gasteiger partial charge in [0.25, 0.3) is 0 Å². The third-order valence-electron chi connectivity index (χ3n) is 2.88. The van der Waals surface area contributed by atoms with Gasteiger partial charge in [-0.25, -0.2) is 4.79 Å². The molecule has 0 amide bonds. The van der Waals surface area contributed by atoms with Crippen LogP contribution < -0.4 is 4.74 Å². The van der Waals surface area contributed by atoms with E-state index in [9.17, 15) is 9.00 Å². The van der Waals surface area contributed by atoms with Crippen molar-refractivity contribution in [2.24, 2.45) is 0 Å². The zero-order valence-electron chi connectivity index (χ0n) is 11.2.